The fraction of sp³-hybridized carbons (Fsp3) is 0.929. The molecule has 0 bridgehead atoms. The molecule has 0 aromatic carbocycles. The highest BCUT2D eigenvalue weighted by atomic mass is 16.7. The SMILES string of the molecule is CC(=O)C1(OC2O[C@H](CO)[C@@H](O)[C@H](O)[C@H]2N)C(O)C(O)C(O)C(O)C1O. The van der Waals surface area contributed by atoms with Gasteiger partial charge in [0.25, 0.3) is 0 Å². The zero-order valence-corrected chi connectivity index (χ0v) is 13.9. The van der Waals surface area contributed by atoms with Crippen LogP contribution in [-0.2, 0) is 14.3 Å². The zero-order valence-electron chi connectivity index (χ0n) is 13.9. The number of carbonyl (C=O) groups is 1. The highest BCUT2D eigenvalue weighted by Gasteiger charge is 2.64. The van der Waals surface area contributed by atoms with Gasteiger partial charge in [0.15, 0.2) is 17.7 Å². The van der Waals surface area contributed by atoms with E-state index >= 15 is 0 Å². The van der Waals surface area contributed by atoms with E-state index in [9.17, 15) is 45.6 Å². The van der Waals surface area contributed by atoms with E-state index in [2.05, 4.69) is 0 Å². The highest BCUT2D eigenvalue weighted by molar-refractivity contribution is 5.87. The minimum absolute atomic E-state index is 0.743. The summed E-state index contributed by atoms with van der Waals surface area (Å²) in [7, 11) is 0. The molecule has 0 aromatic rings. The fourth-order valence-electron chi connectivity index (χ4n) is 3.30. The van der Waals surface area contributed by atoms with Crippen molar-refractivity contribution < 1.29 is 55.1 Å². The molecule has 0 aromatic heterocycles. The molecule has 12 nitrogen and oxygen atoms in total. The van der Waals surface area contributed by atoms with E-state index in [0.717, 1.165) is 6.92 Å². The molecule has 9 atom stereocenters. The van der Waals surface area contributed by atoms with Crippen molar-refractivity contribution >= 4 is 5.78 Å². The van der Waals surface area contributed by atoms with Gasteiger partial charge in [-0.15, -0.1) is 0 Å². The van der Waals surface area contributed by atoms with Crippen molar-refractivity contribution in [2.45, 2.75) is 73.7 Å². The van der Waals surface area contributed by atoms with Gasteiger partial charge < -0.3 is 56.1 Å². The van der Waals surface area contributed by atoms with Crippen LogP contribution in [0.25, 0.3) is 0 Å². The van der Waals surface area contributed by atoms with E-state index < -0.39 is 79.2 Å². The lowest BCUT2D eigenvalue weighted by molar-refractivity contribution is -0.340. The zero-order chi connectivity index (χ0) is 20.0. The number of hydrogen-bond acceptors (Lipinski definition) is 12. The van der Waals surface area contributed by atoms with Crippen molar-refractivity contribution in [3.05, 3.63) is 0 Å². The molecule has 12 heteroatoms. The highest BCUT2D eigenvalue weighted by Crippen LogP contribution is 2.37. The number of aliphatic hydroxyl groups is 8. The Kier molecular flexibility index (Phi) is 6.37. The van der Waals surface area contributed by atoms with Gasteiger partial charge in [-0.2, -0.15) is 0 Å². The number of carbonyl (C=O) groups excluding carboxylic acids is 1. The summed E-state index contributed by atoms with van der Waals surface area (Å²) in [6, 6.07) is -1.47. The van der Waals surface area contributed by atoms with Crippen LogP contribution in [0.3, 0.4) is 0 Å². The third-order valence-corrected chi connectivity index (χ3v) is 5.02. The second-order valence-electron chi connectivity index (χ2n) is 6.61. The van der Waals surface area contributed by atoms with Crippen LogP contribution in [0.2, 0.25) is 0 Å². The number of nitrogens with two attached hydrogens (primary N) is 1. The van der Waals surface area contributed by atoms with Gasteiger partial charge >= 0.3 is 0 Å². The number of ketones is 1. The summed E-state index contributed by atoms with van der Waals surface area (Å²) in [5.74, 6) is -1.03. The Hall–Kier alpha value is -0.770. The lowest BCUT2D eigenvalue weighted by atomic mass is 9.72. The topological polar surface area (TPSA) is 223 Å². The first-order valence-corrected chi connectivity index (χ1v) is 7.97. The molecule has 2 aliphatic rings. The molecule has 0 amide bonds. The molecule has 152 valence electrons. The number of hydrogen-bond donors (Lipinski definition) is 9. The van der Waals surface area contributed by atoms with Crippen LogP contribution in [0.5, 0.6) is 0 Å². The molecular formula is C14H25NO11. The van der Waals surface area contributed by atoms with Crippen LogP contribution >= 0.6 is 0 Å². The summed E-state index contributed by atoms with van der Waals surface area (Å²) in [6.07, 6.45) is -16.7. The van der Waals surface area contributed by atoms with E-state index in [1.54, 1.807) is 0 Å². The predicted octanol–water partition coefficient (Wildman–Crippen LogP) is -6.08. The van der Waals surface area contributed by atoms with Gasteiger partial charge in [-0.3, -0.25) is 4.79 Å². The third kappa shape index (κ3) is 3.16. The molecule has 1 aliphatic carbocycles. The van der Waals surface area contributed by atoms with Crippen molar-refractivity contribution in [2.75, 3.05) is 6.61 Å². The van der Waals surface area contributed by atoms with Gasteiger partial charge in [0, 0.05) is 0 Å². The number of rotatable bonds is 4. The van der Waals surface area contributed by atoms with Gasteiger partial charge in [0.05, 0.1) is 12.6 Å². The third-order valence-electron chi connectivity index (χ3n) is 5.02. The maximum absolute atomic E-state index is 12.2. The lowest BCUT2D eigenvalue weighted by Crippen LogP contribution is -2.76. The van der Waals surface area contributed by atoms with Gasteiger partial charge in [0.2, 0.25) is 0 Å². The van der Waals surface area contributed by atoms with E-state index in [0.29, 0.717) is 0 Å². The normalized spacial score (nSPS) is 52.7. The Morgan fingerprint density at radius 2 is 1.46 bits per heavy atom. The molecule has 0 spiro atoms. The summed E-state index contributed by atoms with van der Waals surface area (Å²) < 4.78 is 10.5. The second-order valence-corrected chi connectivity index (χ2v) is 6.61. The molecule has 26 heavy (non-hydrogen) atoms. The van der Waals surface area contributed by atoms with Gasteiger partial charge in [-0.1, -0.05) is 0 Å². The van der Waals surface area contributed by atoms with Crippen molar-refractivity contribution in [2.24, 2.45) is 5.73 Å². The predicted molar refractivity (Wildman–Crippen MR) is 80.3 cm³/mol. The first-order chi connectivity index (χ1) is 12.0. The first-order valence-electron chi connectivity index (χ1n) is 7.97. The Morgan fingerprint density at radius 3 is 1.88 bits per heavy atom. The van der Waals surface area contributed by atoms with Crippen molar-refractivity contribution in [3.63, 3.8) is 0 Å². The van der Waals surface area contributed by atoms with E-state index in [-0.39, 0.29) is 0 Å². The van der Waals surface area contributed by atoms with E-state index in [1.807, 2.05) is 0 Å². The molecule has 2 rings (SSSR count). The quantitative estimate of drug-likeness (QED) is 0.221. The Morgan fingerprint density at radius 1 is 0.962 bits per heavy atom. The van der Waals surface area contributed by atoms with Crippen LogP contribution in [0, 0.1) is 0 Å². The van der Waals surface area contributed by atoms with Crippen LogP contribution in [0.15, 0.2) is 0 Å². The number of ether oxygens (including phenoxy) is 2. The minimum atomic E-state index is -2.65. The van der Waals surface area contributed by atoms with Crippen molar-refractivity contribution in [3.8, 4) is 0 Å². The van der Waals surface area contributed by atoms with Gasteiger partial charge in [-0.25, -0.2) is 0 Å². The van der Waals surface area contributed by atoms with Crippen molar-refractivity contribution in [1.82, 2.24) is 0 Å². The van der Waals surface area contributed by atoms with E-state index in [4.69, 9.17) is 15.2 Å². The molecule has 2 fully saturated rings. The molecule has 0 radical (unpaired) electrons. The van der Waals surface area contributed by atoms with Crippen LogP contribution in [-0.4, -0.2) is 120 Å². The second kappa shape index (κ2) is 7.69. The fourth-order valence-corrected chi connectivity index (χ4v) is 3.30. The molecule has 5 unspecified atom stereocenters. The smallest absolute Gasteiger partial charge is 0.185 e. The average molecular weight is 383 g/mol. The van der Waals surface area contributed by atoms with Crippen LogP contribution in [0.1, 0.15) is 6.92 Å². The van der Waals surface area contributed by atoms with Crippen LogP contribution in [0.4, 0.5) is 0 Å². The summed E-state index contributed by atoms with van der Waals surface area (Å²) in [6.45, 7) is 0.152. The van der Waals surface area contributed by atoms with Crippen LogP contribution < -0.4 is 5.73 Å². The maximum atomic E-state index is 12.2. The molecule has 1 saturated heterocycles. The van der Waals surface area contributed by atoms with E-state index in [1.165, 1.54) is 0 Å². The minimum Gasteiger partial charge on any atom is -0.394 e. The lowest BCUT2D eigenvalue weighted by Gasteiger charge is -2.51. The largest absolute Gasteiger partial charge is 0.394 e. The first kappa shape index (κ1) is 21.5. The molecule has 1 saturated carbocycles. The molecule has 1 aliphatic heterocycles. The Balaban J connectivity index is 2.39. The van der Waals surface area contributed by atoms with Crippen molar-refractivity contribution in [1.29, 1.82) is 0 Å². The monoisotopic (exact) mass is 383 g/mol. The Labute approximate surface area is 148 Å². The Bertz CT molecular complexity index is 501. The number of aliphatic hydroxyl groups excluding tert-OH is 8. The number of Topliss-reactive ketones (excluding diaryl/α,β-unsaturated/α-hetero) is 1. The summed E-state index contributed by atoms with van der Waals surface area (Å²) in [5.41, 5.74) is 3.05. The molecule has 10 N–H and O–H groups in total. The molecular weight excluding hydrogens is 358 g/mol. The summed E-state index contributed by atoms with van der Waals surface area (Å²) in [5, 5.41) is 79.0. The maximum Gasteiger partial charge on any atom is 0.185 e. The van der Waals surface area contributed by atoms with Gasteiger partial charge in [0.1, 0.15) is 48.8 Å². The van der Waals surface area contributed by atoms with Gasteiger partial charge in [-0.05, 0) is 6.92 Å². The average Bonchev–Trinajstić information content (AvgIpc) is 2.61. The summed E-state index contributed by atoms with van der Waals surface area (Å²) >= 11 is 0. The summed E-state index contributed by atoms with van der Waals surface area (Å²) in [4.78, 5) is 12.2. The standard InChI is InChI=1S/C14H25NO11/c1-3(17)14(11(23)9(21)8(20)10(22)12(14)24)26-13-5(15)7(19)6(18)4(2-16)25-13/h4-13,16,18-24H,2,15H2,1H3/t4-,5-,6-,7-,8?,9?,10?,11?,12?,13?,14?/m1/s1. The molecule has 1 heterocycles.